The highest BCUT2D eigenvalue weighted by atomic mass is 16.3. The maximum Gasteiger partial charge on any atom is 0.220 e. The van der Waals surface area contributed by atoms with Crippen molar-refractivity contribution in [1.82, 2.24) is 5.32 Å². The van der Waals surface area contributed by atoms with E-state index in [1.165, 1.54) is 141 Å². The van der Waals surface area contributed by atoms with E-state index in [1.807, 2.05) is 6.08 Å². The Labute approximate surface area is 324 Å². The fraction of sp³-hybridized carbons (Fsp3) is 0.771. The van der Waals surface area contributed by atoms with Gasteiger partial charge in [0.1, 0.15) is 0 Å². The van der Waals surface area contributed by atoms with E-state index < -0.39 is 12.1 Å². The summed E-state index contributed by atoms with van der Waals surface area (Å²) >= 11 is 0. The quantitative estimate of drug-likeness (QED) is 0.0435. The van der Waals surface area contributed by atoms with E-state index in [-0.39, 0.29) is 12.5 Å². The van der Waals surface area contributed by atoms with Crippen LogP contribution < -0.4 is 5.32 Å². The van der Waals surface area contributed by atoms with Crippen LogP contribution in [0.25, 0.3) is 0 Å². The summed E-state index contributed by atoms with van der Waals surface area (Å²) in [7, 11) is 0. The van der Waals surface area contributed by atoms with E-state index in [4.69, 9.17) is 0 Å². The Hall–Kier alpha value is -1.91. The molecule has 2 unspecified atom stereocenters. The first-order valence-corrected chi connectivity index (χ1v) is 22.5. The molecule has 4 heteroatoms. The number of nitrogens with one attached hydrogen (secondary N) is 1. The molecule has 2 atom stereocenters. The normalized spacial score (nSPS) is 13.5. The maximum atomic E-state index is 12.3. The van der Waals surface area contributed by atoms with Gasteiger partial charge in [-0.3, -0.25) is 4.79 Å². The number of carbonyl (C=O) groups excluding carboxylic acids is 1. The lowest BCUT2D eigenvalue weighted by atomic mass is 10.0. The van der Waals surface area contributed by atoms with Gasteiger partial charge in [0, 0.05) is 6.42 Å². The second-order valence-corrected chi connectivity index (χ2v) is 15.1. The van der Waals surface area contributed by atoms with E-state index in [9.17, 15) is 15.0 Å². The zero-order valence-electron chi connectivity index (χ0n) is 34.6. The first-order valence-electron chi connectivity index (χ1n) is 22.5. The minimum Gasteiger partial charge on any atom is -0.394 e. The number of allylic oxidation sites excluding steroid dienone is 9. The van der Waals surface area contributed by atoms with Crippen LogP contribution in [0.1, 0.15) is 219 Å². The Morgan fingerprint density at radius 3 is 1.27 bits per heavy atom. The van der Waals surface area contributed by atoms with Gasteiger partial charge in [0.25, 0.3) is 0 Å². The lowest BCUT2D eigenvalue weighted by molar-refractivity contribution is -0.123. The summed E-state index contributed by atoms with van der Waals surface area (Å²) in [5, 5.41) is 23.0. The third-order valence-electron chi connectivity index (χ3n) is 10.0. The van der Waals surface area contributed by atoms with Gasteiger partial charge < -0.3 is 15.5 Å². The van der Waals surface area contributed by atoms with Crippen LogP contribution in [0.15, 0.2) is 60.8 Å². The highest BCUT2D eigenvalue weighted by Crippen LogP contribution is 2.16. The molecule has 0 bridgehead atoms. The first-order chi connectivity index (χ1) is 25.7. The number of rotatable bonds is 40. The Morgan fingerprint density at radius 1 is 0.481 bits per heavy atom. The monoisotopic (exact) mass is 726 g/mol. The minimum atomic E-state index is -0.858. The number of aliphatic hydroxyl groups excluding tert-OH is 2. The van der Waals surface area contributed by atoms with Gasteiger partial charge >= 0.3 is 0 Å². The van der Waals surface area contributed by atoms with Gasteiger partial charge in [-0.1, -0.05) is 216 Å². The van der Waals surface area contributed by atoms with Gasteiger partial charge in [-0.2, -0.15) is 0 Å². The number of hydrogen-bond acceptors (Lipinski definition) is 3. The molecule has 1 amide bonds. The molecule has 4 nitrogen and oxygen atoms in total. The number of hydrogen-bond donors (Lipinski definition) is 3. The molecule has 0 aliphatic carbocycles. The maximum absolute atomic E-state index is 12.3. The number of carbonyl (C=O) groups is 1. The molecule has 0 heterocycles. The van der Waals surface area contributed by atoms with Crippen LogP contribution in [0.5, 0.6) is 0 Å². The summed E-state index contributed by atoms with van der Waals surface area (Å²) in [4.78, 5) is 12.3. The van der Waals surface area contributed by atoms with Crippen molar-refractivity contribution in [2.75, 3.05) is 6.61 Å². The first kappa shape index (κ1) is 50.1. The summed E-state index contributed by atoms with van der Waals surface area (Å²) in [5.74, 6) is -0.105. The van der Waals surface area contributed by atoms with Crippen LogP contribution in [-0.2, 0) is 4.79 Å². The summed E-state index contributed by atoms with van der Waals surface area (Å²) in [5.41, 5.74) is 0. The van der Waals surface area contributed by atoms with E-state index >= 15 is 0 Å². The van der Waals surface area contributed by atoms with Crippen LogP contribution in [0.3, 0.4) is 0 Å². The molecule has 302 valence electrons. The smallest absolute Gasteiger partial charge is 0.220 e. The van der Waals surface area contributed by atoms with Crippen molar-refractivity contribution in [3.63, 3.8) is 0 Å². The largest absolute Gasteiger partial charge is 0.394 e. The topological polar surface area (TPSA) is 69.6 Å². The second-order valence-electron chi connectivity index (χ2n) is 15.1. The molecule has 3 N–H and O–H groups in total. The number of unbranched alkanes of at least 4 members (excludes halogenated alkanes) is 25. The fourth-order valence-electron chi connectivity index (χ4n) is 6.58. The van der Waals surface area contributed by atoms with Crippen LogP contribution in [0.4, 0.5) is 0 Å². The zero-order valence-corrected chi connectivity index (χ0v) is 34.6. The summed E-state index contributed by atoms with van der Waals surface area (Å²) in [6.45, 7) is 4.18. The van der Waals surface area contributed by atoms with Crippen molar-refractivity contribution >= 4 is 5.91 Å². The molecule has 0 aromatic carbocycles. The van der Waals surface area contributed by atoms with E-state index in [0.717, 1.165) is 57.8 Å². The summed E-state index contributed by atoms with van der Waals surface area (Å²) < 4.78 is 0. The molecule has 0 saturated carbocycles. The van der Waals surface area contributed by atoms with Crippen molar-refractivity contribution in [2.45, 2.75) is 231 Å². The van der Waals surface area contributed by atoms with Crippen molar-refractivity contribution in [3.05, 3.63) is 60.8 Å². The van der Waals surface area contributed by atoms with Crippen LogP contribution in [0.2, 0.25) is 0 Å². The molecular formula is C48H87NO3. The van der Waals surface area contributed by atoms with E-state index in [1.54, 1.807) is 6.08 Å². The molecule has 0 spiro atoms. The van der Waals surface area contributed by atoms with Crippen LogP contribution in [0, 0.1) is 0 Å². The van der Waals surface area contributed by atoms with Crippen LogP contribution in [-0.4, -0.2) is 34.9 Å². The average Bonchev–Trinajstić information content (AvgIpc) is 3.15. The molecule has 0 aliphatic heterocycles. The summed E-state index contributed by atoms with van der Waals surface area (Å²) in [6, 6.07) is -0.646. The Morgan fingerprint density at radius 2 is 0.846 bits per heavy atom. The molecule has 0 aliphatic rings. The zero-order chi connectivity index (χ0) is 37.8. The fourth-order valence-corrected chi connectivity index (χ4v) is 6.58. The molecule has 52 heavy (non-hydrogen) atoms. The molecular weight excluding hydrogens is 639 g/mol. The van der Waals surface area contributed by atoms with E-state index in [2.05, 4.69) is 67.8 Å². The minimum absolute atomic E-state index is 0.105. The van der Waals surface area contributed by atoms with Crippen molar-refractivity contribution in [1.29, 1.82) is 0 Å². The lowest BCUT2D eigenvalue weighted by Gasteiger charge is -2.19. The Bertz CT molecular complexity index is 873. The molecule has 0 saturated heterocycles. The van der Waals surface area contributed by atoms with Crippen molar-refractivity contribution in [2.24, 2.45) is 0 Å². The predicted octanol–water partition coefficient (Wildman–Crippen LogP) is 14.1. The van der Waals surface area contributed by atoms with Crippen molar-refractivity contribution in [3.8, 4) is 0 Å². The molecule has 0 radical (unpaired) electrons. The molecule has 0 fully saturated rings. The highest BCUT2D eigenvalue weighted by molar-refractivity contribution is 5.76. The Balaban J connectivity index is 3.58. The molecule has 0 rings (SSSR count). The van der Waals surface area contributed by atoms with E-state index in [0.29, 0.717) is 6.42 Å². The highest BCUT2D eigenvalue weighted by Gasteiger charge is 2.17. The van der Waals surface area contributed by atoms with Crippen molar-refractivity contribution < 1.29 is 15.0 Å². The third kappa shape index (κ3) is 39.3. The second kappa shape index (κ2) is 43.5. The SMILES string of the molecule is CC/C=C\C/C=C\C/C=C\C/C=C\CCCCC(=O)NC(CO)C(O)/C=C/CCCCCCCCCCCCCCCCCCCCCCCCC. The summed E-state index contributed by atoms with van der Waals surface area (Å²) in [6.07, 6.45) is 60.6. The lowest BCUT2D eigenvalue weighted by Crippen LogP contribution is -2.45. The average molecular weight is 726 g/mol. The predicted molar refractivity (Wildman–Crippen MR) is 230 cm³/mol. The van der Waals surface area contributed by atoms with Gasteiger partial charge in [0.15, 0.2) is 0 Å². The van der Waals surface area contributed by atoms with Gasteiger partial charge in [-0.25, -0.2) is 0 Å². The third-order valence-corrected chi connectivity index (χ3v) is 10.0. The van der Waals surface area contributed by atoms with Gasteiger partial charge in [-0.15, -0.1) is 0 Å². The van der Waals surface area contributed by atoms with Gasteiger partial charge in [-0.05, 0) is 57.8 Å². The van der Waals surface area contributed by atoms with Gasteiger partial charge in [0.2, 0.25) is 5.91 Å². The molecule has 0 aromatic rings. The molecule has 0 aromatic heterocycles. The Kier molecular flexibility index (Phi) is 41.9. The van der Waals surface area contributed by atoms with Gasteiger partial charge in [0.05, 0.1) is 18.8 Å². The van der Waals surface area contributed by atoms with Crippen LogP contribution >= 0.6 is 0 Å². The number of amides is 1. The standard InChI is InChI=1S/C48H87NO3/c1-3-5-7-9-11-13-15-17-19-20-21-22-23-24-25-26-27-28-30-31-33-35-37-39-41-43-47(51)46(45-50)49-48(52)44-42-40-38-36-34-32-29-18-16-14-12-10-8-6-4-2/h6,8,12,14,18,29,34,36,41,43,46-47,50-51H,3-5,7,9-11,13,15-17,19-28,30-33,35,37-40,42,44-45H2,1-2H3,(H,49,52)/b8-6-,14-12-,29-18-,36-34-,43-41+. The number of aliphatic hydroxyl groups is 2.